The largest absolute Gasteiger partial charge is 0.321 e. The van der Waals surface area contributed by atoms with Crippen LogP contribution in [0.2, 0.25) is 0 Å². The third-order valence-corrected chi connectivity index (χ3v) is 5.22. The second-order valence-electron chi connectivity index (χ2n) is 6.79. The summed E-state index contributed by atoms with van der Waals surface area (Å²) in [4.78, 5) is 12.6. The number of amides is 1. The van der Waals surface area contributed by atoms with Crippen LogP contribution < -0.4 is 5.32 Å². The van der Waals surface area contributed by atoms with Crippen molar-refractivity contribution in [2.24, 2.45) is 0 Å². The molecule has 0 aromatic heterocycles. The standard InChI is InChI=1S/C25H20BrFN2O/c1-2-17-7-11-23(12-8-17)29-25(30)21(16-28)14-20-15-22(26)10-9-18(20)13-19-5-3-4-6-24(19)27/h3-12,14-15H,2,13H2,1H3,(H,29,30)/b21-14+. The van der Waals surface area contributed by atoms with E-state index in [2.05, 4.69) is 28.2 Å². The lowest BCUT2D eigenvalue weighted by Crippen LogP contribution is -2.13. The molecule has 0 saturated carbocycles. The van der Waals surface area contributed by atoms with Gasteiger partial charge in [0.05, 0.1) is 0 Å². The molecule has 5 heteroatoms. The molecule has 3 aromatic carbocycles. The molecular formula is C25H20BrFN2O. The highest BCUT2D eigenvalue weighted by Gasteiger charge is 2.12. The zero-order chi connectivity index (χ0) is 21.5. The summed E-state index contributed by atoms with van der Waals surface area (Å²) in [6, 6.07) is 21.6. The predicted octanol–water partition coefficient (Wildman–Crippen LogP) is 6.29. The monoisotopic (exact) mass is 462 g/mol. The van der Waals surface area contributed by atoms with Crippen molar-refractivity contribution < 1.29 is 9.18 Å². The van der Waals surface area contributed by atoms with Crippen LogP contribution >= 0.6 is 15.9 Å². The van der Waals surface area contributed by atoms with E-state index in [1.165, 1.54) is 12.1 Å². The average Bonchev–Trinajstić information content (AvgIpc) is 2.75. The third kappa shape index (κ3) is 5.43. The SMILES string of the molecule is CCc1ccc(NC(=O)/C(C#N)=C/c2cc(Br)ccc2Cc2ccccc2F)cc1. The zero-order valence-corrected chi connectivity index (χ0v) is 18.0. The molecule has 0 fully saturated rings. The van der Waals surface area contributed by atoms with Gasteiger partial charge in [0.15, 0.2) is 0 Å². The highest BCUT2D eigenvalue weighted by Crippen LogP contribution is 2.23. The average molecular weight is 463 g/mol. The van der Waals surface area contributed by atoms with E-state index >= 15 is 0 Å². The van der Waals surface area contributed by atoms with Gasteiger partial charge >= 0.3 is 0 Å². The van der Waals surface area contributed by atoms with Gasteiger partial charge in [0.2, 0.25) is 0 Å². The van der Waals surface area contributed by atoms with Gasteiger partial charge in [0.25, 0.3) is 5.91 Å². The summed E-state index contributed by atoms with van der Waals surface area (Å²) in [5.41, 5.74) is 3.81. The topological polar surface area (TPSA) is 52.9 Å². The molecule has 0 aliphatic rings. The summed E-state index contributed by atoms with van der Waals surface area (Å²) in [6.07, 6.45) is 2.80. The summed E-state index contributed by atoms with van der Waals surface area (Å²) in [5.74, 6) is -0.775. The number of carbonyl (C=O) groups excluding carboxylic acids is 1. The molecule has 0 bridgehead atoms. The molecule has 0 saturated heterocycles. The highest BCUT2D eigenvalue weighted by atomic mass is 79.9. The van der Waals surface area contributed by atoms with E-state index in [0.29, 0.717) is 23.2 Å². The summed E-state index contributed by atoms with van der Waals surface area (Å²) in [7, 11) is 0. The number of benzene rings is 3. The first kappa shape index (κ1) is 21.5. The van der Waals surface area contributed by atoms with Crippen LogP contribution in [0.3, 0.4) is 0 Å². The number of hydrogen-bond acceptors (Lipinski definition) is 2. The Morgan fingerprint density at radius 1 is 1.10 bits per heavy atom. The quantitative estimate of drug-likeness (QED) is 0.345. The maximum absolute atomic E-state index is 14.1. The van der Waals surface area contributed by atoms with E-state index < -0.39 is 5.91 Å². The summed E-state index contributed by atoms with van der Waals surface area (Å²) in [6.45, 7) is 2.06. The first-order valence-corrected chi connectivity index (χ1v) is 10.3. The van der Waals surface area contributed by atoms with Gasteiger partial charge in [-0.1, -0.05) is 59.3 Å². The minimum Gasteiger partial charge on any atom is -0.321 e. The van der Waals surface area contributed by atoms with Gasteiger partial charge in [-0.25, -0.2) is 4.39 Å². The number of carbonyl (C=O) groups is 1. The van der Waals surface area contributed by atoms with Crippen LogP contribution in [0.1, 0.15) is 29.2 Å². The molecule has 1 N–H and O–H groups in total. The van der Waals surface area contributed by atoms with Crippen molar-refractivity contribution in [3.8, 4) is 6.07 Å². The van der Waals surface area contributed by atoms with E-state index in [1.54, 1.807) is 18.2 Å². The molecule has 3 rings (SSSR count). The molecule has 3 aromatic rings. The number of halogens is 2. The Hall–Kier alpha value is -3.23. The molecule has 0 atom stereocenters. The van der Waals surface area contributed by atoms with E-state index in [-0.39, 0.29) is 11.4 Å². The zero-order valence-electron chi connectivity index (χ0n) is 16.5. The normalized spacial score (nSPS) is 11.1. The van der Waals surface area contributed by atoms with Gasteiger partial charge in [-0.2, -0.15) is 5.26 Å². The highest BCUT2D eigenvalue weighted by molar-refractivity contribution is 9.10. The maximum atomic E-state index is 14.1. The molecular weight excluding hydrogens is 443 g/mol. The number of nitrogens with zero attached hydrogens (tertiary/aromatic N) is 1. The van der Waals surface area contributed by atoms with E-state index in [1.807, 2.05) is 48.5 Å². The van der Waals surface area contributed by atoms with Crippen molar-refractivity contribution in [3.63, 3.8) is 0 Å². The lowest BCUT2D eigenvalue weighted by atomic mass is 9.98. The van der Waals surface area contributed by atoms with Crippen molar-refractivity contribution in [3.05, 3.63) is 105 Å². The third-order valence-electron chi connectivity index (χ3n) is 4.73. The first-order valence-electron chi connectivity index (χ1n) is 9.54. The maximum Gasteiger partial charge on any atom is 0.266 e. The Balaban J connectivity index is 1.89. The second kappa shape index (κ2) is 10.00. The van der Waals surface area contributed by atoms with Crippen LogP contribution in [0, 0.1) is 17.1 Å². The minimum atomic E-state index is -0.487. The van der Waals surface area contributed by atoms with Gasteiger partial charge < -0.3 is 5.32 Å². The van der Waals surface area contributed by atoms with Crippen LogP contribution in [0.15, 0.2) is 76.8 Å². The van der Waals surface area contributed by atoms with Gasteiger partial charge in [-0.05, 0) is 65.1 Å². The van der Waals surface area contributed by atoms with Crippen LogP contribution in [-0.4, -0.2) is 5.91 Å². The fourth-order valence-electron chi connectivity index (χ4n) is 3.03. The van der Waals surface area contributed by atoms with Gasteiger partial charge in [-0.15, -0.1) is 0 Å². The molecule has 1 amide bonds. The Kier molecular flexibility index (Phi) is 7.16. The molecule has 0 aliphatic carbocycles. The lowest BCUT2D eigenvalue weighted by molar-refractivity contribution is -0.112. The Morgan fingerprint density at radius 3 is 2.50 bits per heavy atom. The molecule has 0 heterocycles. The van der Waals surface area contributed by atoms with Crippen LogP contribution in [0.5, 0.6) is 0 Å². The predicted molar refractivity (Wildman–Crippen MR) is 121 cm³/mol. The summed E-state index contributed by atoms with van der Waals surface area (Å²) < 4.78 is 14.9. The molecule has 0 aliphatic heterocycles. The minimum absolute atomic E-state index is 0.0255. The fraction of sp³-hybridized carbons (Fsp3) is 0.120. The van der Waals surface area contributed by atoms with Crippen molar-refractivity contribution in [1.82, 2.24) is 0 Å². The lowest BCUT2D eigenvalue weighted by Gasteiger charge is -2.10. The summed E-state index contributed by atoms with van der Waals surface area (Å²) in [5, 5.41) is 12.3. The smallest absolute Gasteiger partial charge is 0.266 e. The van der Waals surface area contributed by atoms with E-state index in [9.17, 15) is 14.4 Å². The van der Waals surface area contributed by atoms with Crippen LogP contribution in [0.25, 0.3) is 6.08 Å². The molecule has 0 unspecified atom stereocenters. The second-order valence-corrected chi connectivity index (χ2v) is 7.70. The first-order chi connectivity index (χ1) is 14.5. The molecule has 30 heavy (non-hydrogen) atoms. The van der Waals surface area contributed by atoms with Gasteiger partial charge in [0, 0.05) is 16.6 Å². The van der Waals surface area contributed by atoms with Gasteiger partial charge in [-0.3, -0.25) is 4.79 Å². The number of hydrogen-bond donors (Lipinski definition) is 1. The molecule has 150 valence electrons. The number of aryl methyl sites for hydroxylation is 1. The Bertz CT molecular complexity index is 1130. The number of rotatable bonds is 6. The molecule has 0 spiro atoms. The van der Waals surface area contributed by atoms with Gasteiger partial charge in [0.1, 0.15) is 17.5 Å². The Morgan fingerprint density at radius 2 is 1.83 bits per heavy atom. The number of anilines is 1. The Labute approximate surface area is 184 Å². The van der Waals surface area contributed by atoms with Crippen LogP contribution in [-0.2, 0) is 17.6 Å². The summed E-state index contributed by atoms with van der Waals surface area (Å²) >= 11 is 3.43. The fourth-order valence-corrected chi connectivity index (χ4v) is 3.41. The van der Waals surface area contributed by atoms with Crippen molar-refractivity contribution >= 4 is 33.6 Å². The number of nitrogens with one attached hydrogen (secondary N) is 1. The van der Waals surface area contributed by atoms with Crippen molar-refractivity contribution in [1.29, 1.82) is 5.26 Å². The van der Waals surface area contributed by atoms with Crippen LogP contribution in [0.4, 0.5) is 10.1 Å². The van der Waals surface area contributed by atoms with Crippen molar-refractivity contribution in [2.45, 2.75) is 19.8 Å². The number of nitriles is 1. The van der Waals surface area contributed by atoms with E-state index in [0.717, 1.165) is 22.0 Å². The molecule has 3 nitrogen and oxygen atoms in total. The van der Waals surface area contributed by atoms with Crippen molar-refractivity contribution in [2.75, 3.05) is 5.32 Å². The molecule has 0 radical (unpaired) electrons. The van der Waals surface area contributed by atoms with E-state index in [4.69, 9.17) is 0 Å².